The minimum Gasteiger partial charge on any atom is -0.306 e. The molecule has 2 aromatic carbocycles. The van der Waals surface area contributed by atoms with Crippen molar-refractivity contribution >= 4 is 0 Å². The highest BCUT2D eigenvalue weighted by Crippen LogP contribution is 2.40. The van der Waals surface area contributed by atoms with Gasteiger partial charge in [0.15, 0.2) is 0 Å². The van der Waals surface area contributed by atoms with E-state index in [-0.39, 0.29) is 0 Å². The number of nitrogens with one attached hydrogen (secondary N) is 1. The van der Waals surface area contributed by atoms with Crippen molar-refractivity contribution in [2.75, 3.05) is 0 Å². The van der Waals surface area contributed by atoms with Crippen molar-refractivity contribution in [2.45, 2.75) is 45.2 Å². The average molecular weight is 265 g/mol. The Balaban J connectivity index is 1.64. The Morgan fingerprint density at radius 1 is 1.10 bits per heavy atom. The second-order valence-electron chi connectivity index (χ2n) is 5.98. The third-order valence-corrected chi connectivity index (χ3v) is 4.27. The van der Waals surface area contributed by atoms with E-state index in [9.17, 15) is 0 Å². The summed E-state index contributed by atoms with van der Waals surface area (Å²) in [5.41, 5.74) is 5.67. The zero-order chi connectivity index (χ0) is 13.9. The minimum atomic E-state index is 0.390. The molecule has 1 aliphatic rings. The van der Waals surface area contributed by atoms with E-state index in [1.165, 1.54) is 35.1 Å². The molecule has 1 atom stereocenters. The van der Waals surface area contributed by atoms with Crippen LogP contribution in [0.2, 0.25) is 0 Å². The van der Waals surface area contributed by atoms with E-state index < -0.39 is 0 Å². The van der Waals surface area contributed by atoms with Gasteiger partial charge in [-0.05, 0) is 54.9 Å². The van der Waals surface area contributed by atoms with E-state index in [1.807, 2.05) is 0 Å². The van der Waals surface area contributed by atoms with E-state index in [4.69, 9.17) is 0 Å². The van der Waals surface area contributed by atoms with E-state index >= 15 is 0 Å². The monoisotopic (exact) mass is 265 g/mol. The minimum absolute atomic E-state index is 0.390. The fourth-order valence-electron chi connectivity index (χ4n) is 2.83. The third kappa shape index (κ3) is 3.10. The first kappa shape index (κ1) is 13.4. The summed E-state index contributed by atoms with van der Waals surface area (Å²) < 4.78 is 0. The molecule has 1 aliphatic carbocycles. The molecule has 1 N–H and O–H groups in total. The zero-order valence-electron chi connectivity index (χ0n) is 12.4. The number of benzene rings is 2. The molecule has 0 heterocycles. The molecule has 104 valence electrons. The Morgan fingerprint density at radius 3 is 2.65 bits per heavy atom. The van der Waals surface area contributed by atoms with Crippen LogP contribution in [0.25, 0.3) is 0 Å². The highest BCUT2D eigenvalue weighted by atomic mass is 14.9. The average Bonchev–Trinajstić information content (AvgIpc) is 3.30. The van der Waals surface area contributed by atoms with Gasteiger partial charge in [-0.15, -0.1) is 0 Å². The molecule has 1 heteroatoms. The maximum absolute atomic E-state index is 3.64. The summed E-state index contributed by atoms with van der Waals surface area (Å²) >= 11 is 0. The van der Waals surface area contributed by atoms with Crippen LogP contribution in [0.1, 0.15) is 54.0 Å². The molecule has 1 fully saturated rings. The van der Waals surface area contributed by atoms with E-state index in [0.717, 1.165) is 12.5 Å². The van der Waals surface area contributed by atoms with Crippen LogP contribution in [-0.2, 0) is 6.54 Å². The molecular weight excluding hydrogens is 242 g/mol. The van der Waals surface area contributed by atoms with Gasteiger partial charge in [0.1, 0.15) is 0 Å². The second kappa shape index (κ2) is 5.80. The van der Waals surface area contributed by atoms with Crippen molar-refractivity contribution in [3.63, 3.8) is 0 Å². The molecule has 0 aromatic heterocycles. The Labute approximate surface area is 122 Å². The molecule has 3 rings (SSSR count). The van der Waals surface area contributed by atoms with Gasteiger partial charge in [-0.3, -0.25) is 0 Å². The summed E-state index contributed by atoms with van der Waals surface area (Å²) in [5.74, 6) is 0.837. The summed E-state index contributed by atoms with van der Waals surface area (Å²) in [6, 6.07) is 18.1. The summed E-state index contributed by atoms with van der Waals surface area (Å²) in [5, 5.41) is 3.64. The van der Waals surface area contributed by atoms with Crippen LogP contribution in [0.3, 0.4) is 0 Å². The van der Waals surface area contributed by atoms with Crippen LogP contribution in [-0.4, -0.2) is 0 Å². The van der Waals surface area contributed by atoms with Crippen molar-refractivity contribution in [2.24, 2.45) is 0 Å². The van der Waals surface area contributed by atoms with Crippen LogP contribution in [0.15, 0.2) is 48.5 Å². The number of aryl methyl sites for hydroxylation is 1. The Hall–Kier alpha value is -1.60. The van der Waals surface area contributed by atoms with Gasteiger partial charge in [-0.25, -0.2) is 0 Å². The van der Waals surface area contributed by atoms with Gasteiger partial charge in [-0.1, -0.05) is 48.5 Å². The molecule has 0 radical (unpaired) electrons. The van der Waals surface area contributed by atoms with Crippen molar-refractivity contribution in [1.82, 2.24) is 5.32 Å². The molecule has 0 saturated heterocycles. The molecular formula is C19H23N. The maximum atomic E-state index is 3.64. The van der Waals surface area contributed by atoms with Gasteiger partial charge in [0.2, 0.25) is 0 Å². The predicted molar refractivity (Wildman–Crippen MR) is 84.9 cm³/mol. The van der Waals surface area contributed by atoms with Crippen molar-refractivity contribution in [3.05, 3.63) is 70.8 Å². The molecule has 0 bridgehead atoms. The SMILES string of the molecule is Cc1ccccc1[C@@H](C)NCc1cccc(C2CC2)c1. The van der Waals surface area contributed by atoms with Crippen LogP contribution in [0, 0.1) is 6.92 Å². The van der Waals surface area contributed by atoms with Gasteiger partial charge < -0.3 is 5.32 Å². The summed E-state index contributed by atoms with van der Waals surface area (Å²) in [6.45, 7) is 5.37. The van der Waals surface area contributed by atoms with Crippen molar-refractivity contribution in [3.8, 4) is 0 Å². The molecule has 0 aliphatic heterocycles. The number of hydrogen-bond donors (Lipinski definition) is 1. The molecule has 1 nitrogen and oxygen atoms in total. The van der Waals surface area contributed by atoms with Crippen LogP contribution in [0.4, 0.5) is 0 Å². The summed E-state index contributed by atoms with van der Waals surface area (Å²) in [4.78, 5) is 0. The van der Waals surface area contributed by atoms with Crippen molar-refractivity contribution in [1.29, 1.82) is 0 Å². The van der Waals surface area contributed by atoms with E-state index in [1.54, 1.807) is 0 Å². The van der Waals surface area contributed by atoms with Gasteiger partial charge in [0, 0.05) is 12.6 Å². The highest BCUT2D eigenvalue weighted by molar-refractivity contribution is 5.30. The molecule has 20 heavy (non-hydrogen) atoms. The topological polar surface area (TPSA) is 12.0 Å². The molecule has 1 saturated carbocycles. The van der Waals surface area contributed by atoms with Crippen LogP contribution in [0.5, 0.6) is 0 Å². The molecule has 0 spiro atoms. The second-order valence-corrected chi connectivity index (χ2v) is 5.98. The predicted octanol–water partition coefficient (Wildman–Crippen LogP) is 4.72. The quantitative estimate of drug-likeness (QED) is 0.824. The molecule has 2 aromatic rings. The molecule has 0 unspecified atom stereocenters. The molecule has 0 amide bonds. The van der Waals surface area contributed by atoms with Crippen LogP contribution >= 0.6 is 0 Å². The first-order valence-electron chi connectivity index (χ1n) is 7.62. The smallest absolute Gasteiger partial charge is 0.0297 e. The lowest BCUT2D eigenvalue weighted by Crippen LogP contribution is -2.18. The van der Waals surface area contributed by atoms with Crippen molar-refractivity contribution < 1.29 is 0 Å². The third-order valence-electron chi connectivity index (χ3n) is 4.27. The Morgan fingerprint density at radius 2 is 1.90 bits per heavy atom. The Bertz CT molecular complexity index is 584. The first-order valence-corrected chi connectivity index (χ1v) is 7.62. The lowest BCUT2D eigenvalue weighted by Gasteiger charge is -2.17. The van der Waals surface area contributed by atoms with Gasteiger partial charge in [0.25, 0.3) is 0 Å². The van der Waals surface area contributed by atoms with Crippen LogP contribution < -0.4 is 5.32 Å². The fourth-order valence-corrected chi connectivity index (χ4v) is 2.83. The number of hydrogen-bond acceptors (Lipinski definition) is 1. The highest BCUT2D eigenvalue weighted by Gasteiger charge is 2.23. The lowest BCUT2D eigenvalue weighted by molar-refractivity contribution is 0.572. The Kier molecular flexibility index (Phi) is 3.88. The van der Waals surface area contributed by atoms with Gasteiger partial charge in [0.05, 0.1) is 0 Å². The van der Waals surface area contributed by atoms with E-state index in [2.05, 4.69) is 67.7 Å². The maximum Gasteiger partial charge on any atom is 0.0297 e. The summed E-state index contributed by atoms with van der Waals surface area (Å²) in [7, 11) is 0. The number of rotatable bonds is 5. The largest absolute Gasteiger partial charge is 0.306 e. The first-order chi connectivity index (χ1) is 9.74. The van der Waals surface area contributed by atoms with E-state index in [0.29, 0.717) is 6.04 Å². The fraction of sp³-hybridized carbons (Fsp3) is 0.368. The van der Waals surface area contributed by atoms with Gasteiger partial charge in [-0.2, -0.15) is 0 Å². The zero-order valence-corrected chi connectivity index (χ0v) is 12.4. The standard InChI is InChI=1S/C19H23N/c1-14-6-3-4-9-19(14)15(2)20-13-16-7-5-8-18(12-16)17-10-11-17/h3-9,12,15,17,20H,10-11,13H2,1-2H3/t15-/m1/s1. The normalized spacial score (nSPS) is 16.1. The lowest BCUT2D eigenvalue weighted by atomic mass is 10.0. The summed E-state index contributed by atoms with van der Waals surface area (Å²) in [6.07, 6.45) is 2.74. The van der Waals surface area contributed by atoms with Gasteiger partial charge >= 0.3 is 0 Å².